The molecule has 108 valence electrons. The predicted molar refractivity (Wildman–Crippen MR) is 75.7 cm³/mol. The molecule has 2 rings (SSSR count). The van der Waals surface area contributed by atoms with E-state index < -0.39 is 10.0 Å². The number of sulfonamides is 1. The second kappa shape index (κ2) is 6.32. The Hall–Kier alpha value is -0.470. The summed E-state index contributed by atoms with van der Waals surface area (Å²) in [5.41, 5.74) is 6.35. The molecule has 0 amide bonds. The van der Waals surface area contributed by atoms with Crippen molar-refractivity contribution in [2.45, 2.75) is 43.7 Å². The van der Waals surface area contributed by atoms with Crippen molar-refractivity contribution in [3.05, 3.63) is 15.8 Å². The van der Waals surface area contributed by atoms with Crippen molar-refractivity contribution in [2.75, 3.05) is 13.2 Å². The highest BCUT2D eigenvalue weighted by Crippen LogP contribution is 2.26. The lowest BCUT2D eigenvalue weighted by atomic mass is 10.1. The predicted octanol–water partition coefficient (Wildman–Crippen LogP) is 1.36. The first-order valence-corrected chi connectivity index (χ1v) is 8.79. The summed E-state index contributed by atoms with van der Waals surface area (Å²) < 4.78 is 32.8. The normalized spacial score (nSPS) is 20.6. The van der Waals surface area contributed by atoms with Crippen molar-refractivity contribution in [1.82, 2.24) is 4.72 Å². The van der Waals surface area contributed by atoms with E-state index in [1.807, 2.05) is 5.38 Å². The number of aryl methyl sites for hydroxylation is 1. The van der Waals surface area contributed by atoms with Crippen LogP contribution in [0.4, 0.5) is 0 Å². The minimum atomic E-state index is -3.49. The molecule has 1 saturated heterocycles. The van der Waals surface area contributed by atoms with Gasteiger partial charge in [0.25, 0.3) is 0 Å². The third-order valence-corrected chi connectivity index (χ3v) is 6.13. The minimum Gasteiger partial charge on any atom is -0.377 e. The van der Waals surface area contributed by atoms with Gasteiger partial charge in [-0.2, -0.15) is 0 Å². The lowest BCUT2D eigenvalue weighted by Crippen LogP contribution is -2.35. The summed E-state index contributed by atoms with van der Waals surface area (Å²) in [7, 11) is -3.49. The smallest absolute Gasteiger partial charge is 0.242 e. The number of rotatable bonds is 5. The Labute approximate surface area is 118 Å². The van der Waals surface area contributed by atoms with Gasteiger partial charge in [0, 0.05) is 24.6 Å². The van der Waals surface area contributed by atoms with Crippen molar-refractivity contribution in [1.29, 1.82) is 0 Å². The van der Waals surface area contributed by atoms with E-state index >= 15 is 0 Å². The average molecular weight is 304 g/mol. The van der Waals surface area contributed by atoms with Crippen LogP contribution in [-0.4, -0.2) is 27.7 Å². The van der Waals surface area contributed by atoms with E-state index in [1.165, 1.54) is 11.3 Å². The average Bonchev–Trinajstić information content (AvgIpc) is 2.80. The Morgan fingerprint density at radius 2 is 2.32 bits per heavy atom. The summed E-state index contributed by atoms with van der Waals surface area (Å²) in [4.78, 5) is 1.05. The van der Waals surface area contributed by atoms with E-state index in [-0.39, 0.29) is 12.6 Å². The SMILES string of the molecule is Cc1csc(CN)c1S(=O)(=O)NCC1CCCCO1. The van der Waals surface area contributed by atoms with Gasteiger partial charge in [-0.05, 0) is 37.1 Å². The standard InChI is InChI=1S/C12H20N2O3S2/c1-9-8-18-11(6-13)12(9)19(15,16)14-7-10-4-2-3-5-17-10/h8,10,14H,2-7,13H2,1H3. The van der Waals surface area contributed by atoms with Gasteiger partial charge >= 0.3 is 0 Å². The quantitative estimate of drug-likeness (QED) is 0.860. The summed E-state index contributed by atoms with van der Waals surface area (Å²) in [5, 5.41) is 1.83. The van der Waals surface area contributed by atoms with Crippen LogP contribution in [0, 0.1) is 6.92 Å². The Morgan fingerprint density at radius 3 is 2.95 bits per heavy atom. The molecule has 1 atom stereocenters. The molecule has 0 aliphatic carbocycles. The van der Waals surface area contributed by atoms with Gasteiger partial charge < -0.3 is 10.5 Å². The van der Waals surface area contributed by atoms with Gasteiger partial charge in [-0.25, -0.2) is 13.1 Å². The maximum absolute atomic E-state index is 12.3. The highest BCUT2D eigenvalue weighted by atomic mass is 32.2. The van der Waals surface area contributed by atoms with Gasteiger partial charge in [0.15, 0.2) is 0 Å². The summed E-state index contributed by atoms with van der Waals surface area (Å²) >= 11 is 1.39. The number of hydrogen-bond acceptors (Lipinski definition) is 5. The Morgan fingerprint density at radius 1 is 1.53 bits per heavy atom. The zero-order chi connectivity index (χ0) is 13.9. The van der Waals surface area contributed by atoms with Crippen molar-refractivity contribution >= 4 is 21.4 Å². The first-order valence-electron chi connectivity index (χ1n) is 6.43. The maximum atomic E-state index is 12.3. The lowest BCUT2D eigenvalue weighted by molar-refractivity contribution is 0.0200. The fourth-order valence-electron chi connectivity index (χ4n) is 2.23. The molecule has 0 aromatic carbocycles. The van der Waals surface area contributed by atoms with Crippen molar-refractivity contribution in [2.24, 2.45) is 5.73 Å². The molecule has 1 unspecified atom stereocenters. The van der Waals surface area contributed by atoms with Crippen LogP contribution >= 0.6 is 11.3 Å². The van der Waals surface area contributed by atoms with Crippen LogP contribution in [-0.2, 0) is 21.3 Å². The zero-order valence-electron chi connectivity index (χ0n) is 11.0. The Balaban J connectivity index is 2.07. The molecule has 3 N–H and O–H groups in total. The van der Waals surface area contributed by atoms with Crippen LogP contribution in [0.15, 0.2) is 10.3 Å². The van der Waals surface area contributed by atoms with Gasteiger partial charge in [-0.1, -0.05) is 0 Å². The molecular weight excluding hydrogens is 284 g/mol. The Bertz CT molecular complexity index is 519. The molecule has 1 aromatic heterocycles. The maximum Gasteiger partial charge on any atom is 0.242 e. The van der Waals surface area contributed by atoms with E-state index in [2.05, 4.69) is 4.72 Å². The molecule has 0 spiro atoms. The number of nitrogens with two attached hydrogens (primary N) is 1. The summed E-state index contributed by atoms with van der Waals surface area (Å²) in [6.07, 6.45) is 3.06. The van der Waals surface area contributed by atoms with Gasteiger partial charge in [0.05, 0.1) is 6.10 Å². The third kappa shape index (κ3) is 3.55. The molecule has 2 heterocycles. The van der Waals surface area contributed by atoms with E-state index in [0.29, 0.717) is 16.3 Å². The second-order valence-electron chi connectivity index (χ2n) is 4.72. The molecule has 1 fully saturated rings. The van der Waals surface area contributed by atoms with Crippen LogP contribution < -0.4 is 10.5 Å². The molecule has 19 heavy (non-hydrogen) atoms. The molecule has 1 aliphatic rings. The number of hydrogen-bond donors (Lipinski definition) is 2. The molecule has 1 aromatic rings. The molecular formula is C12H20N2O3S2. The number of nitrogens with one attached hydrogen (secondary N) is 1. The molecule has 0 radical (unpaired) electrons. The molecule has 7 heteroatoms. The van der Waals surface area contributed by atoms with Gasteiger partial charge in [0.2, 0.25) is 10.0 Å². The van der Waals surface area contributed by atoms with Gasteiger partial charge in [-0.3, -0.25) is 0 Å². The van der Waals surface area contributed by atoms with Crippen LogP contribution in [0.3, 0.4) is 0 Å². The molecule has 5 nitrogen and oxygen atoms in total. The van der Waals surface area contributed by atoms with E-state index in [4.69, 9.17) is 10.5 Å². The summed E-state index contributed by atoms with van der Waals surface area (Å²) in [5.74, 6) is 0. The third-order valence-electron chi connectivity index (χ3n) is 3.22. The van der Waals surface area contributed by atoms with E-state index in [1.54, 1.807) is 6.92 Å². The van der Waals surface area contributed by atoms with Crippen molar-refractivity contribution < 1.29 is 13.2 Å². The van der Waals surface area contributed by atoms with Crippen LogP contribution in [0.25, 0.3) is 0 Å². The van der Waals surface area contributed by atoms with Crippen LogP contribution in [0.2, 0.25) is 0 Å². The second-order valence-corrected chi connectivity index (χ2v) is 7.38. The first-order chi connectivity index (χ1) is 9.04. The minimum absolute atomic E-state index is 0.0104. The fourth-order valence-corrected chi connectivity index (χ4v) is 5.00. The highest BCUT2D eigenvalue weighted by molar-refractivity contribution is 7.89. The fraction of sp³-hybridized carbons (Fsp3) is 0.667. The van der Waals surface area contributed by atoms with Gasteiger partial charge in [-0.15, -0.1) is 11.3 Å². The Kier molecular flexibility index (Phi) is 4.97. The summed E-state index contributed by atoms with van der Waals surface area (Å²) in [6, 6.07) is 0. The number of thiophene rings is 1. The van der Waals surface area contributed by atoms with E-state index in [9.17, 15) is 8.42 Å². The molecule has 0 saturated carbocycles. The van der Waals surface area contributed by atoms with Crippen LogP contribution in [0.1, 0.15) is 29.7 Å². The van der Waals surface area contributed by atoms with Crippen molar-refractivity contribution in [3.8, 4) is 0 Å². The highest BCUT2D eigenvalue weighted by Gasteiger charge is 2.24. The monoisotopic (exact) mass is 304 g/mol. The first kappa shape index (κ1) is 14.9. The lowest BCUT2D eigenvalue weighted by Gasteiger charge is -2.22. The molecule has 1 aliphatic heterocycles. The largest absolute Gasteiger partial charge is 0.377 e. The molecule has 0 bridgehead atoms. The number of ether oxygens (including phenoxy) is 1. The topological polar surface area (TPSA) is 81.4 Å². The van der Waals surface area contributed by atoms with E-state index in [0.717, 1.165) is 31.4 Å². The van der Waals surface area contributed by atoms with Gasteiger partial charge in [0.1, 0.15) is 4.90 Å². The summed E-state index contributed by atoms with van der Waals surface area (Å²) in [6.45, 7) is 3.09. The van der Waals surface area contributed by atoms with Crippen molar-refractivity contribution in [3.63, 3.8) is 0 Å². The van der Waals surface area contributed by atoms with Crippen LogP contribution in [0.5, 0.6) is 0 Å². The zero-order valence-corrected chi connectivity index (χ0v) is 12.6.